The second-order valence-electron chi connectivity index (χ2n) is 3.99. The van der Waals surface area contributed by atoms with Gasteiger partial charge in [0, 0.05) is 23.9 Å². The number of hydrogen-bond acceptors (Lipinski definition) is 5. The molecule has 1 aromatic heterocycles. The topological polar surface area (TPSA) is 68.6 Å². The highest BCUT2D eigenvalue weighted by molar-refractivity contribution is 9.11. The maximum Gasteiger partial charge on any atom is 0.167 e. The van der Waals surface area contributed by atoms with Gasteiger partial charge in [0.15, 0.2) is 6.23 Å². The van der Waals surface area contributed by atoms with E-state index in [4.69, 9.17) is 5.11 Å². The van der Waals surface area contributed by atoms with Crippen LogP contribution in [0.15, 0.2) is 40.8 Å². The van der Waals surface area contributed by atoms with E-state index in [9.17, 15) is 5.11 Å². The summed E-state index contributed by atoms with van der Waals surface area (Å²) in [6, 6.07) is 3.53. The van der Waals surface area contributed by atoms with Crippen LogP contribution >= 0.6 is 15.9 Å². The molecule has 18 heavy (non-hydrogen) atoms. The molecule has 0 aliphatic carbocycles. The third-order valence-corrected chi connectivity index (χ3v) is 3.00. The molecule has 1 aliphatic rings. The smallest absolute Gasteiger partial charge is 0.167 e. The number of aliphatic hydroxyl groups excluding tert-OH is 2. The lowest BCUT2D eigenvalue weighted by Crippen LogP contribution is -2.34. The van der Waals surface area contributed by atoms with Gasteiger partial charge in [0.25, 0.3) is 0 Å². The molecule has 3 N–H and O–H groups in total. The van der Waals surface area contributed by atoms with Crippen molar-refractivity contribution in [1.82, 2.24) is 9.88 Å². The van der Waals surface area contributed by atoms with E-state index in [0.29, 0.717) is 11.5 Å². The summed E-state index contributed by atoms with van der Waals surface area (Å²) >= 11 is 3.37. The lowest BCUT2D eigenvalue weighted by Gasteiger charge is -2.28. The Labute approximate surface area is 114 Å². The lowest BCUT2D eigenvalue weighted by atomic mass is 10.2. The average Bonchev–Trinajstić information content (AvgIpc) is 2.36. The zero-order chi connectivity index (χ0) is 13.1. The van der Waals surface area contributed by atoms with Crippen molar-refractivity contribution in [1.29, 1.82) is 0 Å². The largest absolute Gasteiger partial charge is 0.392 e. The number of aliphatic hydroxyl groups is 2. The Morgan fingerprint density at radius 3 is 2.89 bits per heavy atom. The Morgan fingerprint density at radius 1 is 1.50 bits per heavy atom. The normalized spacial score (nSPS) is 19.3. The number of hydrogen-bond donors (Lipinski definition) is 3. The zero-order valence-corrected chi connectivity index (χ0v) is 11.4. The predicted octanol–water partition coefficient (Wildman–Crippen LogP) is 1.37. The van der Waals surface area contributed by atoms with Gasteiger partial charge < -0.3 is 20.4 Å². The fourth-order valence-electron chi connectivity index (χ4n) is 1.59. The first-order valence-electron chi connectivity index (χ1n) is 5.42. The maximum atomic E-state index is 9.98. The summed E-state index contributed by atoms with van der Waals surface area (Å²) in [6.45, 7) is -0.0321. The second-order valence-corrected chi connectivity index (χ2v) is 4.90. The molecule has 0 saturated carbocycles. The number of halogens is 1. The van der Waals surface area contributed by atoms with Crippen LogP contribution in [0.5, 0.6) is 0 Å². The van der Waals surface area contributed by atoms with Gasteiger partial charge in [-0.2, -0.15) is 0 Å². The first-order chi connectivity index (χ1) is 8.60. The van der Waals surface area contributed by atoms with Crippen LogP contribution in [0.25, 0.3) is 0 Å². The predicted molar refractivity (Wildman–Crippen MR) is 72.6 cm³/mol. The summed E-state index contributed by atoms with van der Waals surface area (Å²) in [5, 5.41) is 22.0. The van der Waals surface area contributed by atoms with Crippen LogP contribution < -0.4 is 5.32 Å². The van der Waals surface area contributed by atoms with E-state index in [2.05, 4.69) is 26.2 Å². The van der Waals surface area contributed by atoms with Gasteiger partial charge in [0.2, 0.25) is 0 Å². The van der Waals surface area contributed by atoms with Gasteiger partial charge in [0.1, 0.15) is 5.82 Å². The van der Waals surface area contributed by atoms with Gasteiger partial charge in [-0.1, -0.05) is 6.07 Å². The highest BCUT2D eigenvalue weighted by Gasteiger charge is 2.19. The fourth-order valence-corrected chi connectivity index (χ4v) is 2.15. The summed E-state index contributed by atoms with van der Waals surface area (Å²) in [4.78, 5) is 5.83. The molecule has 1 aromatic rings. The summed E-state index contributed by atoms with van der Waals surface area (Å²) in [5.41, 5.74) is 1.38. The van der Waals surface area contributed by atoms with E-state index < -0.39 is 6.23 Å². The Balaban J connectivity index is 2.15. The zero-order valence-electron chi connectivity index (χ0n) is 9.84. The number of likely N-dealkylation sites (N-methyl/N-ethyl adjacent to an activating group) is 1. The molecular formula is C12H14BrN3O2. The van der Waals surface area contributed by atoms with Crippen molar-refractivity contribution >= 4 is 21.7 Å². The third-order valence-electron chi connectivity index (χ3n) is 2.56. The summed E-state index contributed by atoms with van der Waals surface area (Å²) in [7, 11) is 1.78. The monoisotopic (exact) mass is 311 g/mol. The number of aromatic nitrogens is 1. The number of anilines is 1. The quantitative estimate of drug-likeness (QED) is 0.786. The van der Waals surface area contributed by atoms with Gasteiger partial charge >= 0.3 is 0 Å². The molecule has 96 valence electrons. The van der Waals surface area contributed by atoms with Crippen molar-refractivity contribution < 1.29 is 10.2 Å². The van der Waals surface area contributed by atoms with E-state index in [1.807, 2.05) is 0 Å². The highest BCUT2D eigenvalue weighted by atomic mass is 79.9. The van der Waals surface area contributed by atoms with E-state index in [1.165, 1.54) is 0 Å². The van der Waals surface area contributed by atoms with Crippen LogP contribution in [0.4, 0.5) is 5.82 Å². The van der Waals surface area contributed by atoms with Crippen molar-refractivity contribution in [2.24, 2.45) is 0 Å². The van der Waals surface area contributed by atoms with Crippen LogP contribution in [-0.4, -0.2) is 33.4 Å². The first kappa shape index (κ1) is 13.1. The molecule has 0 radical (unpaired) electrons. The molecule has 0 aromatic carbocycles. The number of rotatable bonds is 3. The minimum atomic E-state index is -0.731. The minimum absolute atomic E-state index is 0.0321. The third kappa shape index (κ3) is 2.90. The number of nitrogens with zero attached hydrogens (tertiary/aromatic N) is 2. The molecule has 1 aliphatic heterocycles. The molecule has 2 rings (SSSR count). The lowest BCUT2D eigenvalue weighted by molar-refractivity contribution is 0.0868. The van der Waals surface area contributed by atoms with Crippen LogP contribution in [0.1, 0.15) is 5.56 Å². The standard InChI is InChI=1S/C12H14BrN3O2/c1-16-6-9(13)4-10(12(16)18)15-11-3-2-8(7-17)5-14-11/h2-6,12,17-18H,7H2,1H3,(H,14,15). The van der Waals surface area contributed by atoms with Crippen molar-refractivity contribution in [3.63, 3.8) is 0 Å². The van der Waals surface area contributed by atoms with Gasteiger partial charge in [-0.3, -0.25) is 0 Å². The molecule has 1 unspecified atom stereocenters. The molecule has 0 bridgehead atoms. The van der Waals surface area contributed by atoms with Crippen molar-refractivity contribution in [2.45, 2.75) is 12.8 Å². The van der Waals surface area contributed by atoms with E-state index in [0.717, 1.165) is 10.0 Å². The van der Waals surface area contributed by atoms with Gasteiger partial charge in [-0.05, 0) is 33.6 Å². The van der Waals surface area contributed by atoms with Gasteiger partial charge in [-0.25, -0.2) is 4.98 Å². The maximum absolute atomic E-state index is 9.98. The van der Waals surface area contributed by atoms with Crippen LogP contribution in [-0.2, 0) is 6.61 Å². The molecule has 1 atom stereocenters. The Hall–Kier alpha value is -1.37. The summed E-state index contributed by atoms with van der Waals surface area (Å²) in [6.07, 6.45) is 4.45. The van der Waals surface area contributed by atoms with Crippen LogP contribution in [0, 0.1) is 0 Å². The average molecular weight is 312 g/mol. The highest BCUT2D eigenvalue weighted by Crippen LogP contribution is 2.22. The van der Waals surface area contributed by atoms with Gasteiger partial charge in [-0.15, -0.1) is 0 Å². The molecule has 0 spiro atoms. The molecule has 0 amide bonds. The van der Waals surface area contributed by atoms with E-state index >= 15 is 0 Å². The van der Waals surface area contributed by atoms with Crippen molar-refractivity contribution in [3.05, 3.63) is 46.3 Å². The van der Waals surface area contributed by atoms with E-state index in [-0.39, 0.29) is 6.61 Å². The Bertz CT molecular complexity index is 485. The van der Waals surface area contributed by atoms with Crippen molar-refractivity contribution in [2.75, 3.05) is 12.4 Å². The minimum Gasteiger partial charge on any atom is -0.392 e. The Morgan fingerprint density at radius 2 is 2.28 bits per heavy atom. The molecule has 0 fully saturated rings. The van der Waals surface area contributed by atoms with Crippen LogP contribution in [0.3, 0.4) is 0 Å². The Kier molecular flexibility index (Phi) is 4.00. The van der Waals surface area contributed by atoms with Crippen molar-refractivity contribution in [3.8, 4) is 0 Å². The fraction of sp³-hybridized carbons (Fsp3) is 0.250. The first-order valence-corrected chi connectivity index (χ1v) is 6.21. The van der Waals surface area contributed by atoms with Gasteiger partial charge in [0.05, 0.1) is 12.3 Å². The van der Waals surface area contributed by atoms with E-state index in [1.54, 1.807) is 42.6 Å². The number of nitrogens with one attached hydrogen (secondary N) is 1. The number of allylic oxidation sites excluding steroid dienone is 2. The number of pyridine rings is 1. The molecule has 5 nitrogen and oxygen atoms in total. The SMILES string of the molecule is CN1C=C(Br)C=C(Nc2ccc(CO)cn2)C1O. The summed E-state index contributed by atoms with van der Waals surface area (Å²) in [5.74, 6) is 0.619. The molecule has 6 heteroatoms. The molecule has 2 heterocycles. The van der Waals surface area contributed by atoms with Crippen LogP contribution in [0.2, 0.25) is 0 Å². The molecular weight excluding hydrogens is 298 g/mol. The molecule has 0 saturated heterocycles. The summed E-state index contributed by atoms with van der Waals surface area (Å²) < 4.78 is 0.866. The second kappa shape index (κ2) is 5.51.